The van der Waals surface area contributed by atoms with E-state index >= 15 is 0 Å². The average Bonchev–Trinajstić information content (AvgIpc) is 2.48. The molecule has 0 spiro atoms. The van der Waals surface area contributed by atoms with Crippen molar-refractivity contribution in [2.24, 2.45) is 5.92 Å². The summed E-state index contributed by atoms with van der Waals surface area (Å²) >= 11 is 0. The second-order valence-corrected chi connectivity index (χ2v) is 6.36. The van der Waals surface area contributed by atoms with E-state index in [9.17, 15) is 14.7 Å². The molecule has 0 saturated carbocycles. The van der Waals surface area contributed by atoms with Crippen LogP contribution in [0.15, 0.2) is 0 Å². The number of likely N-dealkylation sites (tertiary alicyclic amines) is 2. The SMILES string of the molecule is COCC1CCN(C(=O)N2CCCCC2(C)C(=O)O)CC1. The zero-order chi connectivity index (χ0) is 15.5. The van der Waals surface area contributed by atoms with E-state index in [2.05, 4.69) is 0 Å². The van der Waals surface area contributed by atoms with Crippen LogP contribution in [0, 0.1) is 5.92 Å². The van der Waals surface area contributed by atoms with Crippen molar-refractivity contribution in [3.8, 4) is 0 Å². The van der Waals surface area contributed by atoms with Crippen molar-refractivity contribution in [2.45, 2.75) is 44.6 Å². The van der Waals surface area contributed by atoms with Crippen LogP contribution in [0.1, 0.15) is 39.0 Å². The highest BCUT2D eigenvalue weighted by Gasteiger charge is 2.45. The number of carbonyl (C=O) groups excluding carboxylic acids is 1. The molecular weight excluding hydrogens is 272 g/mol. The second-order valence-electron chi connectivity index (χ2n) is 6.36. The second kappa shape index (κ2) is 6.64. The van der Waals surface area contributed by atoms with Gasteiger partial charge in [-0.2, -0.15) is 0 Å². The van der Waals surface area contributed by atoms with Crippen molar-refractivity contribution in [1.82, 2.24) is 9.80 Å². The Balaban J connectivity index is 2.00. The first-order valence-electron chi connectivity index (χ1n) is 7.78. The summed E-state index contributed by atoms with van der Waals surface area (Å²) in [6, 6.07) is -0.115. The summed E-state index contributed by atoms with van der Waals surface area (Å²) in [5.74, 6) is -0.393. The lowest BCUT2D eigenvalue weighted by Gasteiger charge is -2.45. The van der Waals surface area contributed by atoms with Gasteiger partial charge in [0, 0.05) is 33.4 Å². The fourth-order valence-electron chi connectivity index (χ4n) is 3.35. The van der Waals surface area contributed by atoms with E-state index in [1.807, 2.05) is 0 Å². The molecule has 1 unspecified atom stereocenters. The van der Waals surface area contributed by atoms with Gasteiger partial charge in [-0.05, 0) is 44.9 Å². The number of rotatable bonds is 3. The molecule has 6 heteroatoms. The fraction of sp³-hybridized carbons (Fsp3) is 0.867. The molecule has 0 aromatic heterocycles. The molecule has 21 heavy (non-hydrogen) atoms. The summed E-state index contributed by atoms with van der Waals surface area (Å²) in [5.41, 5.74) is -1.06. The molecule has 2 saturated heterocycles. The summed E-state index contributed by atoms with van der Waals surface area (Å²) in [5, 5.41) is 9.50. The predicted octanol–water partition coefficient (Wildman–Crippen LogP) is 1.79. The van der Waals surface area contributed by atoms with Crippen molar-refractivity contribution >= 4 is 12.0 Å². The minimum atomic E-state index is -1.06. The van der Waals surface area contributed by atoms with Crippen LogP contribution in [0.3, 0.4) is 0 Å². The zero-order valence-corrected chi connectivity index (χ0v) is 13.0. The van der Waals surface area contributed by atoms with Crippen LogP contribution < -0.4 is 0 Å². The van der Waals surface area contributed by atoms with E-state index in [-0.39, 0.29) is 6.03 Å². The van der Waals surface area contributed by atoms with Crippen molar-refractivity contribution in [2.75, 3.05) is 33.4 Å². The lowest BCUT2D eigenvalue weighted by atomic mass is 9.88. The zero-order valence-electron chi connectivity index (χ0n) is 13.0. The van der Waals surface area contributed by atoms with Crippen molar-refractivity contribution < 1.29 is 19.4 Å². The molecular formula is C15H26N2O4. The summed E-state index contributed by atoms with van der Waals surface area (Å²) < 4.78 is 5.17. The molecule has 0 aromatic rings. The van der Waals surface area contributed by atoms with Gasteiger partial charge in [0.2, 0.25) is 0 Å². The van der Waals surface area contributed by atoms with Crippen molar-refractivity contribution in [3.63, 3.8) is 0 Å². The first kappa shape index (κ1) is 16.1. The molecule has 2 rings (SSSR count). The quantitative estimate of drug-likeness (QED) is 0.862. The van der Waals surface area contributed by atoms with Gasteiger partial charge in [-0.15, -0.1) is 0 Å². The minimum absolute atomic E-state index is 0.115. The Hall–Kier alpha value is -1.30. The van der Waals surface area contributed by atoms with E-state index in [0.29, 0.717) is 32.0 Å². The molecule has 6 nitrogen and oxygen atoms in total. The van der Waals surface area contributed by atoms with Gasteiger partial charge in [0.15, 0.2) is 0 Å². The molecule has 120 valence electrons. The van der Waals surface area contributed by atoms with Gasteiger partial charge in [0.25, 0.3) is 0 Å². The largest absolute Gasteiger partial charge is 0.480 e. The first-order chi connectivity index (χ1) is 9.99. The number of carbonyl (C=O) groups is 2. The Labute approximate surface area is 126 Å². The van der Waals surface area contributed by atoms with Gasteiger partial charge >= 0.3 is 12.0 Å². The molecule has 0 radical (unpaired) electrons. The van der Waals surface area contributed by atoms with Crippen molar-refractivity contribution in [3.05, 3.63) is 0 Å². The average molecular weight is 298 g/mol. The van der Waals surface area contributed by atoms with Gasteiger partial charge in [-0.25, -0.2) is 9.59 Å². The number of piperidine rings is 2. The Morgan fingerprint density at radius 3 is 2.48 bits per heavy atom. The van der Waals surface area contributed by atoms with Gasteiger partial charge < -0.3 is 19.6 Å². The van der Waals surface area contributed by atoms with Crippen LogP contribution in [-0.2, 0) is 9.53 Å². The summed E-state index contributed by atoms with van der Waals surface area (Å²) in [7, 11) is 1.70. The fourth-order valence-corrected chi connectivity index (χ4v) is 3.35. The monoisotopic (exact) mass is 298 g/mol. The molecule has 2 aliphatic rings. The van der Waals surface area contributed by atoms with E-state index in [1.165, 1.54) is 0 Å². The third kappa shape index (κ3) is 3.31. The smallest absolute Gasteiger partial charge is 0.329 e. The van der Waals surface area contributed by atoms with Gasteiger partial charge in [0.05, 0.1) is 0 Å². The molecule has 0 aliphatic carbocycles. The van der Waals surface area contributed by atoms with E-state index in [1.54, 1.807) is 23.8 Å². The molecule has 1 atom stereocenters. The molecule has 2 aliphatic heterocycles. The van der Waals surface area contributed by atoms with Gasteiger partial charge in [-0.3, -0.25) is 0 Å². The number of hydrogen-bond donors (Lipinski definition) is 1. The Morgan fingerprint density at radius 2 is 1.90 bits per heavy atom. The number of urea groups is 1. The van der Waals surface area contributed by atoms with E-state index in [0.717, 1.165) is 32.3 Å². The first-order valence-corrected chi connectivity index (χ1v) is 7.78. The highest BCUT2D eigenvalue weighted by atomic mass is 16.5. The van der Waals surface area contributed by atoms with Crippen LogP contribution in [0.25, 0.3) is 0 Å². The van der Waals surface area contributed by atoms with Crippen LogP contribution in [0.5, 0.6) is 0 Å². The molecule has 0 bridgehead atoms. The Kier molecular flexibility index (Phi) is 5.08. The highest BCUT2D eigenvalue weighted by molar-refractivity contribution is 5.86. The number of amides is 2. The number of ether oxygens (including phenoxy) is 1. The maximum absolute atomic E-state index is 12.7. The lowest BCUT2D eigenvalue weighted by Crippen LogP contribution is -2.61. The minimum Gasteiger partial charge on any atom is -0.480 e. The van der Waals surface area contributed by atoms with E-state index < -0.39 is 11.5 Å². The Bertz CT molecular complexity index is 393. The normalized spacial score (nSPS) is 27.7. The number of nitrogens with zero attached hydrogens (tertiary/aromatic N) is 2. The maximum atomic E-state index is 12.7. The molecule has 0 aromatic carbocycles. The van der Waals surface area contributed by atoms with Gasteiger partial charge in [-0.1, -0.05) is 0 Å². The number of carboxylic acid groups (broad SMARTS) is 1. The summed E-state index contributed by atoms with van der Waals surface area (Å²) in [4.78, 5) is 27.6. The lowest BCUT2D eigenvalue weighted by molar-refractivity contribution is -0.150. The Morgan fingerprint density at radius 1 is 1.24 bits per heavy atom. The van der Waals surface area contributed by atoms with Crippen molar-refractivity contribution in [1.29, 1.82) is 0 Å². The molecule has 2 amide bonds. The van der Waals surface area contributed by atoms with Gasteiger partial charge in [0.1, 0.15) is 5.54 Å². The highest BCUT2D eigenvalue weighted by Crippen LogP contribution is 2.30. The maximum Gasteiger partial charge on any atom is 0.329 e. The third-order valence-corrected chi connectivity index (χ3v) is 4.87. The number of methoxy groups -OCH3 is 1. The van der Waals surface area contributed by atoms with Crippen LogP contribution in [0.4, 0.5) is 4.79 Å². The number of carboxylic acids is 1. The third-order valence-electron chi connectivity index (χ3n) is 4.87. The molecule has 2 heterocycles. The van der Waals surface area contributed by atoms with Crippen LogP contribution >= 0.6 is 0 Å². The topological polar surface area (TPSA) is 70.1 Å². The predicted molar refractivity (Wildman–Crippen MR) is 78.2 cm³/mol. The van der Waals surface area contributed by atoms with Crippen LogP contribution in [0.2, 0.25) is 0 Å². The summed E-state index contributed by atoms with van der Waals surface area (Å²) in [6.07, 6.45) is 4.14. The molecule has 1 N–H and O–H groups in total. The number of aliphatic carboxylic acids is 1. The van der Waals surface area contributed by atoms with E-state index in [4.69, 9.17) is 4.74 Å². The molecule has 2 fully saturated rings. The number of hydrogen-bond acceptors (Lipinski definition) is 3. The standard InChI is InChI=1S/C15H26N2O4/c1-15(13(18)19)7-3-4-8-17(15)14(20)16-9-5-12(6-10-16)11-21-2/h12H,3-11H2,1-2H3,(H,18,19). The van der Waals surface area contributed by atoms with Crippen LogP contribution in [-0.4, -0.2) is 65.8 Å². The summed E-state index contributed by atoms with van der Waals surface area (Å²) in [6.45, 7) is 4.33.